The number of nitrogens with one attached hydrogen (secondary N) is 2. The van der Waals surface area contributed by atoms with E-state index in [0.29, 0.717) is 24.2 Å². The van der Waals surface area contributed by atoms with Gasteiger partial charge in [0.25, 0.3) is 0 Å². The molecule has 1 aliphatic rings. The molecule has 0 aliphatic carbocycles. The highest BCUT2D eigenvalue weighted by Gasteiger charge is 2.39. The number of benzene rings is 2. The summed E-state index contributed by atoms with van der Waals surface area (Å²) < 4.78 is 105. The summed E-state index contributed by atoms with van der Waals surface area (Å²) in [5.41, 5.74) is -3.30. The molecule has 1 saturated heterocycles. The van der Waals surface area contributed by atoms with Gasteiger partial charge in [-0.25, -0.2) is 14.3 Å². The summed E-state index contributed by atoms with van der Waals surface area (Å²) in [4.78, 5) is 15.7. The highest BCUT2D eigenvalue weighted by Crippen LogP contribution is 2.39. The van der Waals surface area contributed by atoms with Gasteiger partial charge in [0.2, 0.25) is 0 Å². The minimum atomic E-state index is -5.01. The SMILES string of the molecule is C[C@@H](O[C@@H]1OCCN(Cc2n[nH]c(=O)[nH]2)[C@H]1c1ccc(F)cc1)c1cc(C(F)(F)F)cc(C(F)(F)F)c1. The molecular formula is C23H21F7N4O3. The lowest BCUT2D eigenvalue weighted by Crippen LogP contribution is -2.46. The first-order chi connectivity index (χ1) is 17.3. The first kappa shape index (κ1) is 26.8. The molecule has 3 atom stereocenters. The molecule has 4 rings (SSSR count). The predicted molar refractivity (Wildman–Crippen MR) is 114 cm³/mol. The fourth-order valence-corrected chi connectivity index (χ4v) is 4.07. The summed E-state index contributed by atoms with van der Waals surface area (Å²) in [5.74, 6) is -0.239. The number of alkyl halides is 6. The summed E-state index contributed by atoms with van der Waals surface area (Å²) in [7, 11) is 0. The van der Waals surface area contributed by atoms with Crippen molar-refractivity contribution in [1.29, 1.82) is 0 Å². The molecule has 0 radical (unpaired) electrons. The monoisotopic (exact) mass is 534 g/mol. The van der Waals surface area contributed by atoms with Gasteiger partial charge in [0.1, 0.15) is 11.6 Å². The molecule has 2 aromatic carbocycles. The zero-order chi connectivity index (χ0) is 27.0. The van der Waals surface area contributed by atoms with E-state index < -0.39 is 53.4 Å². The fraction of sp³-hybridized carbons (Fsp3) is 0.391. The van der Waals surface area contributed by atoms with Crippen LogP contribution in [0.25, 0.3) is 0 Å². The minimum Gasteiger partial charge on any atom is -0.349 e. The lowest BCUT2D eigenvalue weighted by Gasteiger charge is -2.41. The second-order valence-electron chi connectivity index (χ2n) is 8.45. The Labute approximate surface area is 205 Å². The Morgan fingerprint density at radius 3 is 2.24 bits per heavy atom. The second-order valence-corrected chi connectivity index (χ2v) is 8.45. The van der Waals surface area contributed by atoms with Gasteiger partial charge in [-0.05, 0) is 48.4 Å². The van der Waals surface area contributed by atoms with Crippen LogP contribution in [0.15, 0.2) is 47.3 Å². The van der Waals surface area contributed by atoms with Crippen molar-refractivity contribution in [2.24, 2.45) is 0 Å². The van der Waals surface area contributed by atoms with Crippen LogP contribution in [-0.2, 0) is 28.4 Å². The number of nitrogens with zero attached hydrogens (tertiary/aromatic N) is 2. The van der Waals surface area contributed by atoms with Crippen molar-refractivity contribution in [3.05, 3.63) is 86.8 Å². The Balaban J connectivity index is 1.66. The number of ether oxygens (including phenoxy) is 2. The third-order valence-electron chi connectivity index (χ3n) is 5.84. The Morgan fingerprint density at radius 2 is 1.70 bits per heavy atom. The van der Waals surface area contributed by atoms with Gasteiger partial charge in [0.15, 0.2) is 6.29 Å². The van der Waals surface area contributed by atoms with Gasteiger partial charge >= 0.3 is 18.0 Å². The molecule has 1 fully saturated rings. The van der Waals surface area contributed by atoms with E-state index in [4.69, 9.17) is 9.47 Å². The number of halogens is 7. The Morgan fingerprint density at radius 1 is 1.08 bits per heavy atom. The summed E-state index contributed by atoms with van der Waals surface area (Å²) in [6, 6.07) is 5.79. The van der Waals surface area contributed by atoms with Crippen LogP contribution >= 0.6 is 0 Å². The molecule has 0 bridgehead atoms. The van der Waals surface area contributed by atoms with Crippen molar-refractivity contribution in [1.82, 2.24) is 20.1 Å². The summed E-state index contributed by atoms with van der Waals surface area (Å²) >= 11 is 0. The molecule has 0 saturated carbocycles. The third kappa shape index (κ3) is 6.37. The fourth-order valence-electron chi connectivity index (χ4n) is 4.07. The molecule has 0 amide bonds. The van der Waals surface area contributed by atoms with E-state index >= 15 is 0 Å². The Kier molecular flexibility index (Phi) is 7.44. The van der Waals surface area contributed by atoms with Crippen LogP contribution in [-0.4, -0.2) is 39.5 Å². The summed E-state index contributed by atoms with van der Waals surface area (Å²) in [5, 5.41) is 6.10. The minimum absolute atomic E-state index is 0.0427. The molecule has 0 spiro atoms. The van der Waals surface area contributed by atoms with Crippen molar-refractivity contribution in [2.75, 3.05) is 13.2 Å². The smallest absolute Gasteiger partial charge is 0.349 e. The van der Waals surface area contributed by atoms with Crippen molar-refractivity contribution >= 4 is 0 Å². The van der Waals surface area contributed by atoms with Gasteiger partial charge in [0, 0.05) is 6.54 Å². The average Bonchev–Trinajstić information content (AvgIpc) is 3.23. The van der Waals surface area contributed by atoms with E-state index in [1.54, 1.807) is 4.90 Å². The molecule has 7 nitrogen and oxygen atoms in total. The average molecular weight is 534 g/mol. The van der Waals surface area contributed by atoms with E-state index in [1.165, 1.54) is 31.2 Å². The number of morpholine rings is 1. The molecule has 14 heteroatoms. The van der Waals surface area contributed by atoms with Gasteiger partial charge in [-0.3, -0.25) is 9.88 Å². The summed E-state index contributed by atoms with van der Waals surface area (Å²) in [6.45, 7) is 1.82. The van der Waals surface area contributed by atoms with Gasteiger partial charge < -0.3 is 9.47 Å². The van der Waals surface area contributed by atoms with Gasteiger partial charge in [-0.15, -0.1) is 0 Å². The molecule has 3 aromatic rings. The zero-order valence-electron chi connectivity index (χ0n) is 19.2. The summed E-state index contributed by atoms with van der Waals surface area (Å²) in [6.07, 6.45) is -12.4. The van der Waals surface area contributed by atoms with Crippen LogP contribution in [0.5, 0.6) is 0 Å². The molecule has 200 valence electrons. The van der Waals surface area contributed by atoms with E-state index in [0.717, 1.165) is 0 Å². The second kappa shape index (κ2) is 10.3. The van der Waals surface area contributed by atoms with Crippen LogP contribution in [0.3, 0.4) is 0 Å². The maximum absolute atomic E-state index is 13.6. The number of aromatic amines is 2. The first-order valence-corrected chi connectivity index (χ1v) is 11.0. The lowest BCUT2D eigenvalue weighted by molar-refractivity contribution is -0.231. The maximum Gasteiger partial charge on any atom is 0.416 e. The highest BCUT2D eigenvalue weighted by atomic mass is 19.4. The quantitative estimate of drug-likeness (QED) is 0.438. The van der Waals surface area contributed by atoms with Crippen molar-refractivity contribution in [3.63, 3.8) is 0 Å². The molecule has 1 aromatic heterocycles. The molecule has 0 unspecified atom stereocenters. The van der Waals surface area contributed by atoms with Crippen LogP contribution in [0.4, 0.5) is 30.7 Å². The van der Waals surface area contributed by atoms with Crippen molar-refractivity contribution in [2.45, 2.75) is 44.3 Å². The standard InChI is InChI=1S/C23H21F7N4O3/c1-12(14-8-15(22(25,26)27)10-16(9-14)23(28,29)30)37-20-19(13-2-4-17(24)5-3-13)34(6-7-36-20)11-18-31-21(35)33-32-18/h2-5,8-10,12,19-20H,6-7,11H2,1H3,(H2,31,32,33,35)/t12-,19+,20+/m1/s1. The Bertz CT molecular complexity index is 1240. The molecular weight excluding hydrogens is 513 g/mol. The largest absolute Gasteiger partial charge is 0.416 e. The van der Waals surface area contributed by atoms with E-state index in [9.17, 15) is 35.5 Å². The zero-order valence-corrected chi connectivity index (χ0v) is 19.2. The van der Waals surface area contributed by atoms with Crippen LogP contribution in [0.2, 0.25) is 0 Å². The van der Waals surface area contributed by atoms with Crippen LogP contribution in [0, 0.1) is 5.82 Å². The number of H-pyrrole nitrogens is 2. The van der Waals surface area contributed by atoms with E-state index in [2.05, 4.69) is 15.2 Å². The predicted octanol–water partition coefficient (Wildman–Crippen LogP) is 4.95. The normalized spacial score (nSPS) is 20.2. The van der Waals surface area contributed by atoms with Crippen LogP contribution < -0.4 is 5.69 Å². The lowest BCUT2D eigenvalue weighted by atomic mass is 10.0. The molecule has 2 N–H and O–H groups in total. The van der Waals surface area contributed by atoms with Gasteiger partial charge in [-0.2, -0.15) is 31.4 Å². The van der Waals surface area contributed by atoms with Gasteiger partial charge in [-0.1, -0.05) is 12.1 Å². The van der Waals surface area contributed by atoms with Crippen LogP contribution in [0.1, 0.15) is 47.1 Å². The Hall–Kier alpha value is -3.23. The number of rotatable bonds is 6. The van der Waals surface area contributed by atoms with E-state index in [-0.39, 0.29) is 30.6 Å². The number of hydrogen-bond donors (Lipinski definition) is 2. The van der Waals surface area contributed by atoms with Gasteiger partial charge in [0.05, 0.1) is 36.4 Å². The third-order valence-corrected chi connectivity index (χ3v) is 5.84. The molecule has 1 aliphatic heterocycles. The highest BCUT2D eigenvalue weighted by molar-refractivity contribution is 5.34. The number of hydrogen-bond acceptors (Lipinski definition) is 5. The number of aromatic nitrogens is 3. The van der Waals surface area contributed by atoms with E-state index in [1.807, 2.05) is 0 Å². The van der Waals surface area contributed by atoms with Crippen molar-refractivity contribution < 1.29 is 40.2 Å². The molecule has 37 heavy (non-hydrogen) atoms. The van der Waals surface area contributed by atoms with Crippen molar-refractivity contribution in [3.8, 4) is 0 Å². The first-order valence-electron chi connectivity index (χ1n) is 11.0. The topological polar surface area (TPSA) is 83.2 Å². The maximum atomic E-state index is 13.6. The molecule has 2 heterocycles.